The largest absolute Gasteiger partial charge is 0.508 e. The molecule has 0 unspecified atom stereocenters. The summed E-state index contributed by atoms with van der Waals surface area (Å²) >= 11 is 0. The summed E-state index contributed by atoms with van der Waals surface area (Å²) in [7, 11) is 0. The van der Waals surface area contributed by atoms with Gasteiger partial charge in [-0.1, -0.05) is 12.1 Å². The number of rotatable bonds is 5. The summed E-state index contributed by atoms with van der Waals surface area (Å²) in [6.07, 6.45) is -6.92. The molecule has 160 valence electrons. The molecule has 0 amide bonds. The second-order valence-corrected chi connectivity index (χ2v) is 7.20. The molecule has 6 N–H and O–H groups in total. The Hall–Kier alpha value is -2.82. The fourth-order valence-corrected chi connectivity index (χ4v) is 3.42. The molecule has 1 aliphatic heterocycles. The van der Waals surface area contributed by atoms with Crippen LogP contribution >= 0.6 is 0 Å². The molecule has 30 heavy (non-hydrogen) atoms. The zero-order valence-corrected chi connectivity index (χ0v) is 15.8. The monoisotopic (exact) mass is 418 g/mol. The first-order valence-electron chi connectivity index (χ1n) is 9.37. The van der Waals surface area contributed by atoms with Crippen molar-refractivity contribution in [3.8, 4) is 17.2 Å². The third kappa shape index (κ3) is 3.81. The maximum absolute atomic E-state index is 10.3. The Morgan fingerprint density at radius 2 is 1.63 bits per heavy atom. The van der Waals surface area contributed by atoms with Crippen molar-refractivity contribution in [2.45, 2.75) is 37.1 Å². The van der Waals surface area contributed by atoms with Gasteiger partial charge in [-0.05, 0) is 35.9 Å². The van der Waals surface area contributed by atoms with Crippen molar-refractivity contribution >= 4 is 11.0 Å². The van der Waals surface area contributed by atoms with Crippen LogP contribution in [0.3, 0.4) is 0 Å². The van der Waals surface area contributed by atoms with Gasteiger partial charge in [0.25, 0.3) is 0 Å². The van der Waals surface area contributed by atoms with Crippen LogP contribution in [0.25, 0.3) is 11.0 Å². The molecule has 0 saturated carbocycles. The minimum absolute atomic E-state index is 0.103. The van der Waals surface area contributed by atoms with Gasteiger partial charge in [0.2, 0.25) is 12.0 Å². The summed E-state index contributed by atoms with van der Waals surface area (Å²) in [4.78, 5) is 0. The van der Waals surface area contributed by atoms with E-state index >= 15 is 0 Å². The molecule has 0 aliphatic carbocycles. The van der Waals surface area contributed by atoms with Gasteiger partial charge >= 0.3 is 0 Å². The number of aliphatic hydroxyl groups excluding tert-OH is 4. The zero-order valence-electron chi connectivity index (χ0n) is 15.8. The summed E-state index contributed by atoms with van der Waals surface area (Å²) in [5, 5.41) is 59.7. The van der Waals surface area contributed by atoms with Crippen LogP contribution in [0.2, 0.25) is 0 Å². The lowest BCUT2D eigenvalue weighted by molar-refractivity contribution is -0.277. The number of hydrogen-bond donors (Lipinski definition) is 6. The van der Waals surface area contributed by atoms with Crippen molar-refractivity contribution in [2.75, 3.05) is 6.61 Å². The van der Waals surface area contributed by atoms with E-state index in [1.165, 1.54) is 6.07 Å². The molecule has 1 aromatic heterocycles. The quantitative estimate of drug-likeness (QED) is 0.350. The van der Waals surface area contributed by atoms with Crippen LogP contribution in [-0.2, 0) is 11.2 Å². The summed E-state index contributed by atoms with van der Waals surface area (Å²) in [6, 6.07) is 11.4. The van der Waals surface area contributed by atoms with Gasteiger partial charge in [-0.25, -0.2) is 0 Å². The fourth-order valence-electron chi connectivity index (χ4n) is 3.42. The molecule has 2 heterocycles. The van der Waals surface area contributed by atoms with E-state index in [1.54, 1.807) is 36.4 Å². The minimum Gasteiger partial charge on any atom is -0.508 e. The van der Waals surface area contributed by atoms with E-state index in [2.05, 4.69) is 0 Å². The van der Waals surface area contributed by atoms with Gasteiger partial charge in [-0.2, -0.15) is 0 Å². The molecule has 9 heteroatoms. The number of fused-ring (bicyclic) bond motifs is 1. The second-order valence-electron chi connectivity index (χ2n) is 7.20. The molecule has 0 spiro atoms. The first-order chi connectivity index (χ1) is 14.4. The number of aromatic hydroxyl groups is 2. The Balaban J connectivity index is 1.62. The summed E-state index contributed by atoms with van der Waals surface area (Å²) in [5.41, 5.74) is 1.10. The number of furan rings is 1. The Kier molecular flexibility index (Phi) is 5.54. The first kappa shape index (κ1) is 20.5. The fraction of sp³-hybridized carbons (Fsp3) is 0.333. The number of hydrogen-bond acceptors (Lipinski definition) is 9. The lowest BCUT2D eigenvalue weighted by atomic mass is 9.99. The minimum atomic E-state index is -1.62. The normalized spacial score (nSPS) is 26.7. The van der Waals surface area contributed by atoms with Gasteiger partial charge in [0.1, 0.15) is 35.9 Å². The van der Waals surface area contributed by atoms with E-state index in [1.807, 2.05) is 0 Å². The Labute approximate surface area is 171 Å². The highest BCUT2D eigenvalue weighted by Crippen LogP contribution is 2.39. The Morgan fingerprint density at radius 3 is 2.33 bits per heavy atom. The average molecular weight is 418 g/mol. The molecule has 0 radical (unpaired) electrons. The van der Waals surface area contributed by atoms with Crippen LogP contribution in [0.4, 0.5) is 0 Å². The third-order valence-corrected chi connectivity index (χ3v) is 5.07. The molecule has 1 saturated heterocycles. The van der Waals surface area contributed by atoms with Crippen LogP contribution in [0.5, 0.6) is 17.2 Å². The van der Waals surface area contributed by atoms with Crippen molar-refractivity contribution in [2.24, 2.45) is 0 Å². The number of phenols is 2. The molecule has 3 aromatic rings. The predicted molar refractivity (Wildman–Crippen MR) is 103 cm³/mol. The van der Waals surface area contributed by atoms with E-state index in [0.717, 1.165) is 5.56 Å². The van der Waals surface area contributed by atoms with Crippen LogP contribution < -0.4 is 4.74 Å². The number of phenolic OH excluding ortho intramolecular Hbond substituents is 2. The second kappa shape index (κ2) is 8.13. The van der Waals surface area contributed by atoms with Crippen LogP contribution in [-0.4, -0.2) is 68.0 Å². The first-order valence-corrected chi connectivity index (χ1v) is 9.37. The molecule has 1 fully saturated rings. The van der Waals surface area contributed by atoms with E-state index in [9.17, 15) is 30.6 Å². The highest BCUT2D eigenvalue weighted by atomic mass is 16.7. The Bertz CT molecular complexity index is 1010. The van der Waals surface area contributed by atoms with Crippen molar-refractivity contribution in [1.82, 2.24) is 0 Å². The SMILES string of the molecule is OC[C@H]1O[C@H](Oc2c(O)ccc3cc(Cc4ccc(O)cc4)oc23)[C@H](O)[C@@H](O)[C@@H]1O. The van der Waals surface area contributed by atoms with Crippen molar-refractivity contribution in [3.63, 3.8) is 0 Å². The molecule has 4 rings (SSSR count). The molecule has 5 atom stereocenters. The van der Waals surface area contributed by atoms with Gasteiger partial charge < -0.3 is 44.5 Å². The third-order valence-electron chi connectivity index (χ3n) is 5.07. The standard InChI is InChI=1S/C21H22O9/c22-9-15-16(25)17(26)18(27)21(29-15)30-20-14(24)6-3-11-8-13(28-19(11)20)7-10-1-4-12(23)5-2-10/h1-6,8,15-18,21-27H,7,9H2/t15-,16-,17+,18-,21-/m1/s1. The average Bonchev–Trinajstić information content (AvgIpc) is 3.14. The van der Waals surface area contributed by atoms with E-state index in [-0.39, 0.29) is 22.8 Å². The van der Waals surface area contributed by atoms with Crippen molar-refractivity contribution in [1.29, 1.82) is 0 Å². The molecule has 0 bridgehead atoms. The summed E-state index contributed by atoms with van der Waals surface area (Å²) in [5.74, 6) is 0.349. The van der Waals surface area contributed by atoms with Crippen LogP contribution in [0.1, 0.15) is 11.3 Å². The maximum atomic E-state index is 10.3. The van der Waals surface area contributed by atoms with Gasteiger partial charge in [0.05, 0.1) is 6.61 Å². The molecular formula is C21H22O9. The molecule has 1 aliphatic rings. The van der Waals surface area contributed by atoms with Crippen LogP contribution in [0, 0.1) is 0 Å². The van der Waals surface area contributed by atoms with E-state index in [4.69, 9.17) is 13.9 Å². The smallest absolute Gasteiger partial charge is 0.229 e. The van der Waals surface area contributed by atoms with E-state index < -0.39 is 37.3 Å². The lowest BCUT2D eigenvalue weighted by Crippen LogP contribution is -2.60. The lowest BCUT2D eigenvalue weighted by Gasteiger charge is -2.39. The van der Waals surface area contributed by atoms with Crippen molar-refractivity contribution < 1.29 is 44.5 Å². The number of aliphatic hydroxyl groups is 4. The van der Waals surface area contributed by atoms with Crippen LogP contribution in [0.15, 0.2) is 46.9 Å². The highest BCUT2D eigenvalue weighted by molar-refractivity contribution is 5.86. The van der Waals surface area contributed by atoms with Gasteiger partial charge in [0.15, 0.2) is 11.3 Å². The molecular weight excluding hydrogens is 396 g/mol. The van der Waals surface area contributed by atoms with Crippen molar-refractivity contribution in [3.05, 3.63) is 53.8 Å². The summed E-state index contributed by atoms with van der Waals surface area (Å²) in [6.45, 7) is -0.599. The van der Waals surface area contributed by atoms with E-state index in [0.29, 0.717) is 17.6 Å². The Morgan fingerprint density at radius 1 is 0.900 bits per heavy atom. The number of benzene rings is 2. The van der Waals surface area contributed by atoms with Gasteiger partial charge in [-0.15, -0.1) is 0 Å². The number of ether oxygens (including phenoxy) is 2. The maximum Gasteiger partial charge on any atom is 0.229 e. The zero-order chi connectivity index (χ0) is 21.4. The topological polar surface area (TPSA) is 153 Å². The predicted octanol–water partition coefficient (Wildman–Crippen LogP) is 0.613. The molecule has 2 aromatic carbocycles. The molecule has 9 nitrogen and oxygen atoms in total. The summed E-state index contributed by atoms with van der Waals surface area (Å²) < 4.78 is 16.8. The van der Waals surface area contributed by atoms with Gasteiger partial charge in [-0.3, -0.25) is 0 Å². The highest BCUT2D eigenvalue weighted by Gasteiger charge is 2.45. The van der Waals surface area contributed by atoms with Gasteiger partial charge in [0, 0.05) is 11.8 Å².